The van der Waals surface area contributed by atoms with E-state index in [-0.39, 0.29) is 5.75 Å². The molecule has 0 saturated carbocycles. The maximum absolute atomic E-state index is 12.2. The molecule has 25 heavy (non-hydrogen) atoms. The van der Waals surface area contributed by atoms with Crippen LogP contribution in [0.5, 0.6) is 5.75 Å². The van der Waals surface area contributed by atoms with E-state index in [1.807, 2.05) is 12.1 Å². The molecule has 0 bridgehead atoms. The summed E-state index contributed by atoms with van der Waals surface area (Å²) < 4.78 is 28.7. The molecule has 1 nitrogen and oxygen atoms in total. The average Bonchev–Trinajstić information content (AvgIpc) is 2.62. The Balaban J connectivity index is 1.77. The zero-order valence-corrected chi connectivity index (χ0v) is 15.0. The molecule has 0 saturated heterocycles. The van der Waals surface area contributed by atoms with Crippen LogP contribution in [0.3, 0.4) is 0 Å². The number of alkyl halides is 2. The molecule has 0 fully saturated rings. The molecule has 0 N–H and O–H groups in total. The summed E-state index contributed by atoms with van der Waals surface area (Å²) in [6.45, 7) is -0.536. The second-order valence-corrected chi connectivity index (χ2v) is 6.47. The predicted molar refractivity (Wildman–Crippen MR) is 100 cm³/mol. The van der Waals surface area contributed by atoms with Gasteiger partial charge in [0.2, 0.25) is 0 Å². The van der Waals surface area contributed by atoms with Gasteiger partial charge in [-0.2, -0.15) is 8.78 Å². The molecule has 0 aliphatic carbocycles. The summed E-state index contributed by atoms with van der Waals surface area (Å²) in [5.41, 5.74) is 3.45. The Hall–Kier alpha value is -1.90. The van der Waals surface area contributed by atoms with Crippen molar-refractivity contribution >= 4 is 0 Å². The lowest BCUT2D eigenvalue weighted by atomic mass is 10.0. The molecule has 2 aromatic carbocycles. The molecule has 0 spiro atoms. The van der Waals surface area contributed by atoms with Crippen molar-refractivity contribution in [2.45, 2.75) is 64.9 Å². The van der Waals surface area contributed by atoms with Gasteiger partial charge in [-0.25, -0.2) is 0 Å². The van der Waals surface area contributed by atoms with Crippen molar-refractivity contribution in [3.63, 3.8) is 0 Å². The Kier molecular flexibility index (Phi) is 8.44. The molecule has 0 radical (unpaired) electrons. The minimum absolute atomic E-state index is 0.189. The molecule has 2 rings (SSSR count). The molecule has 0 aromatic heterocycles. The van der Waals surface area contributed by atoms with Crippen molar-refractivity contribution in [3.05, 3.63) is 54.1 Å². The van der Waals surface area contributed by atoms with Gasteiger partial charge in [0.1, 0.15) is 5.75 Å². The number of benzene rings is 2. The number of halogens is 2. The highest BCUT2D eigenvalue weighted by Crippen LogP contribution is 2.24. The number of hydrogen-bond donors (Lipinski definition) is 0. The molecule has 136 valence electrons. The van der Waals surface area contributed by atoms with E-state index in [9.17, 15) is 8.78 Å². The maximum Gasteiger partial charge on any atom is 0.387 e. The van der Waals surface area contributed by atoms with E-state index in [1.165, 1.54) is 50.5 Å². The molecule has 2 aromatic rings. The molecule has 0 aliphatic rings. The monoisotopic (exact) mass is 346 g/mol. The minimum Gasteiger partial charge on any atom is -0.435 e. The first kappa shape index (κ1) is 19.4. The summed E-state index contributed by atoms with van der Waals surface area (Å²) in [6, 6.07) is 15.3. The van der Waals surface area contributed by atoms with Crippen LogP contribution in [0.15, 0.2) is 48.5 Å². The van der Waals surface area contributed by atoms with Crippen molar-refractivity contribution in [2.75, 3.05) is 0 Å². The summed E-state index contributed by atoms with van der Waals surface area (Å²) >= 11 is 0. The molecule has 0 unspecified atom stereocenters. The lowest BCUT2D eigenvalue weighted by Crippen LogP contribution is -2.01. The number of hydrogen-bond acceptors (Lipinski definition) is 1. The second kappa shape index (κ2) is 10.9. The first-order chi connectivity index (χ1) is 12.2. The van der Waals surface area contributed by atoms with Crippen LogP contribution in [0.1, 0.15) is 57.4 Å². The zero-order valence-electron chi connectivity index (χ0n) is 15.0. The molecule has 3 heteroatoms. The fraction of sp³-hybridized carbons (Fsp3) is 0.455. The van der Waals surface area contributed by atoms with Gasteiger partial charge in [-0.05, 0) is 41.7 Å². The third-order valence-electron chi connectivity index (χ3n) is 4.44. The summed E-state index contributed by atoms with van der Waals surface area (Å²) in [5.74, 6) is 0.189. The first-order valence-corrected chi connectivity index (χ1v) is 9.33. The fourth-order valence-electron chi connectivity index (χ4n) is 2.98. The summed E-state index contributed by atoms with van der Waals surface area (Å²) in [5, 5.41) is 0. The Morgan fingerprint density at radius 2 is 1.24 bits per heavy atom. The Labute approximate surface area is 150 Å². The summed E-state index contributed by atoms with van der Waals surface area (Å²) in [4.78, 5) is 0. The average molecular weight is 346 g/mol. The number of ether oxygens (including phenoxy) is 1. The van der Waals surface area contributed by atoms with E-state index >= 15 is 0 Å². The Morgan fingerprint density at radius 3 is 1.80 bits per heavy atom. The molecule has 0 amide bonds. The SMILES string of the molecule is CCCCCCCCCc1ccc(-c2ccc(OC(F)F)cc2)cc1. The summed E-state index contributed by atoms with van der Waals surface area (Å²) in [7, 11) is 0. The standard InChI is InChI=1S/C22H28F2O/c1-2-3-4-5-6-7-8-9-18-10-12-19(13-11-18)20-14-16-21(17-15-20)25-22(23)24/h10-17,22H,2-9H2,1H3. The second-order valence-electron chi connectivity index (χ2n) is 6.47. The predicted octanol–water partition coefficient (Wildman–Crippen LogP) is 7.25. The minimum atomic E-state index is -2.78. The van der Waals surface area contributed by atoms with Gasteiger partial charge in [0.15, 0.2) is 0 Å². The van der Waals surface area contributed by atoms with Crippen molar-refractivity contribution in [1.82, 2.24) is 0 Å². The van der Waals surface area contributed by atoms with Gasteiger partial charge in [-0.15, -0.1) is 0 Å². The zero-order chi connectivity index (χ0) is 17.9. The molecule has 0 atom stereocenters. The van der Waals surface area contributed by atoms with Gasteiger partial charge in [0.25, 0.3) is 0 Å². The highest BCUT2D eigenvalue weighted by molar-refractivity contribution is 5.64. The van der Waals surface area contributed by atoms with Crippen molar-refractivity contribution in [2.24, 2.45) is 0 Å². The van der Waals surface area contributed by atoms with Crippen LogP contribution in [-0.2, 0) is 6.42 Å². The summed E-state index contributed by atoms with van der Waals surface area (Å²) in [6.07, 6.45) is 10.4. The Bertz CT molecular complexity index is 590. The fourth-order valence-corrected chi connectivity index (χ4v) is 2.98. The van der Waals surface area contributed by atoms with Crippen LogP contribution in [0.2, 0.25) is 0 Å². The van der Waals surface area contributed by atoms with Crippen LogP contribution in [0.4, 0.5) is 8.78 Å². The lowest BCUT2D eigenvalue weighted by molar-refractivity contribution is -0.0498. The van der Waals surface area contributed by atoms with Crippen LogP contribution < -0.4 is 4.74 Å². The van der Waals surface area contributed by atoms with E-state index in [0.717, 1.165) is 17.5 Å². The molecule has 0 aliphatic heterocycles. The van der Waals surface area contributed by atoms with Crippen molar-refractivity contribution in [1.29, 1.82) is 0 Å². The maximum atomic E-state index is 12.2. The third kappa shape index (κ3) is 7.25. The van der Waals surface area contributed by atoms with Gasteiger partial charge in [-0.3, -0.25) is 0 Å². The van der Waals surface area contributed by atoms with Crippen molar-refractivity contribution < 1.29 is 13.5 Å². The van der Waals surface area contributed by atoms with Crippen molar-refractivity contribution in [3.8, 4) is 16.9 Å². The van der Waals surface area contributed by atoms with Crippen LogP contribution in [-0.4, -0.2) is 6.61 Å². The molecular weight excluding hydrogens is 318 g/mol. The lowest BCUT2D eigenvalue weighted by Gasteiger charge is -2.07. The first-order valence-electron chi connectivity index (χ1n) is 9.33. The topological polar surface area (TPSA) is 9.23 Å². The number of rotatable bonds is 11. The van der Waals surface area contributed by atoms with E-state index < -0.39 is 6.61 Å². The van der Waals surface area contributed by atoms with E-state index in [0.29, 0.717) is 0 Å². The quantitative estimate of drug-likeness (QED) is 0.389. The number of unbranched alkanes of at least 4 members (excludes halogenated alkanes) is 6. The highest BCUT2D eigenvalue weighted by atomic mass is 19.3. The van der Waals surface area contributed by atoms with Gasteiger partial charge < -0.3 is 4.74 Å². The third-order valence-corrected chi connectivity index (χ3v) is 4.44. The van der Waals surface area contributed by atoms with E-state index in [2.05, 4.69) is 35.9 Å². The van der Waals surface area contributed by atoms with Gasteiger partial charge in [0.05, 0.1) is 0 Å². The van der Waals surface area contributed by atoms with Gasteiger partial charge in [-0.1, -0.05) is 81.8 Å². The van der Waals surface area contributed by atoms with Crippen LogP contribution in [0, 0.1) is 0 Å². The largest absolute Gasteiger partial charge is 0.435 e. The van der Waals surface area contributed by atoms with Gasteiger partial charge >= 0.3 is 6.61 Å². The normalized spacial score (nSPS) is 11.0. The van der Waals surface area contributed by atoms with Gasteiger partial charge in [0, 0.05) is 0 Å². The Morgan fingerprint density at radius 1 is 0.720 bits per heavy atom. The number of aryl methyl sites for hydroxylation is 1. The van der Waals surface area contributed by atoms with Crippen LogP contribution >= 0.6 is 0 Å². The highest BCUT2D eigenvalue weighted by Gasteiger charge is 2.04. The molecule has 0 heterocycles. The van der Waals surface area contributed by atoms with E-state index in [1.54, 1.807) is 12.1 Å². The van der Waals surface area contributed by atoms with E-state index in [4.69, 9.17) is 0 Å². The van der Waals surface area contributed by atoms with Crippen LogP contribution in [0.25, 0.3) is 11.1 Å². The smallest absolute Gasteiger partial charge is 0.387 e. The molecular formula is C22H28F2O.